The molecule has 4 heteroatoms. The number of nitrogens with two attached hydrogens (primary N) is 1. The van der Waals surface area contributed by atoms with Gasteiger partial charge in [0.2, 0.25) is 0 Å². The van der Waals surface area contributed by atoms with E-state index in [0.717, 1.165) is 0 Å². The number of halogens is 1. The molecule has 1 aromatic rings. The smallest absolute Gasteiger partial charge is 0.165 e. The number of benzene rings is 1. The van der Waals surface area contributed by atoms with E-state index < -0.39 is 18.0 Å². The SMILES string of the molecule is COc1cc([C@H](N)[C@H](C)O)ccc1F. The van der Waals surface area contributed by atoms with Crippen LogP contribution >= 0.6 is 0 Å². The molecule has 0 amide bonds. The highest BCUT2D eigenvalue weighted by Crippen LogP contribution is 2.22. The van der Waals surface area contributed by atoms with Crippen molar-refractivity contribution < 1.29 is 14.2 Å². The molecule has 0 radical (unpaired) electrons. The standard InChI is InChI=1S/C10H14FNO2/c1-6(13)10(12)7-3-4-8(11)9(5-7)14-2/h3-6,10,13H,12H2,1-2H3/t6-,10+/m0/s1. The van der Waals surface area contributed by atoms with Gasteiger partial charge in [0.25, 0.3) is 0 Å². The second kappa shape index (κ2) is 4.39. The summed E-state index contributed by atoms with van der Waals surface area (Å²) in [6, 6.07) is 3.78. The van der Waals surface area contributed by atoms with Gasteiger partial charge in [0, 0.05) is 0 Å². The summed E-state index contributed by atoms with van der Waals surface area (Å²) in [5.41, 5.74) is 6.33. The number of methoxy groups -OCH3 is 1. The maximum absolute atomic E-state index is 13.0. The predicted octanol–water partition coefficient (Wildman–Crippen LogP) is 1.21. The second-order valence-corrected chi connectivity index (χ2v) is 3.16. The van der Waals surface area contributed by atoms with Crippen molar-refractivity contribution >= 4 is 0 Å². The molecule has 3 N–H and O–H groups in total. The normalized spacial score (nSPS) is 14.9. The van der Waals surface area contributed by atoms with Crippen LogP contribution in [0.2, 0.25) is 0 Å². The molecule has 0 aromatic heterocycles. The van der Waals surface area contributed by atoms with Gasteiger partial charge in [-0.1, -0.05) is 6.07 Å². The topological polar surface area (TPSA) is 55.5 Å². The van der Waals surface area contributed by atoms with E-state index in [4.69, 9.17) is 10.5 Å². The van der Waals surface area contributed by atoms with E-state index >= 15 is 0 Å². The maximum Gasteiger partial charge on any atom is 0.165 e. The highest BCUT2D eigenvalue weighted by molar-refractivity contribution is 5.32. The Labute approximate surface area is 82.3 Å². The molecule has 78 valence electrons. The summed E-state index contributed by atoms with van der Waals surface area (Å²) in [6.45, 7) is 1.58. The number of hydrogen-bond donors (Lipinski definition) is 2. The fraction of sp³-hybridized carbons (Fsp3) is 0.400. The van der Waals surface area contributed by atoms with Gasteiger partial charge in [0.1, 0.15) is 0 Å². The van der Waals surface area contributed by atoms with Crippen molar-refractivity contribution in [3.05, 3.63) is 29.6 Å². The molecule has 0 saturated heterocycles. The number of rotatable bonds is 3. The van der Waals surface area contributed by atoms with Crippen molar-refractivity contribution in [2.24, 2.45) is 5.73 Å². The van der Waals surface area contributed by atoms with Gasteiger partial charge in [0.15, 0.2) is 11.6 Å². The summed E-state index contributed by atoms with van der Waals surface area (Å²) in [5.74, 6) is -0.298. The molecule has 0 spiro atoms. The lowest BCUT2D eigenvalue weighted by Crippen LogP contribution is -2.23. The minimum absolute atomic E-state index is 0.138. The first-order valence-electron chi connectivity index (χ1n) is 4.33. The molecular formula is C10H14FNO2. The Balaban J connectivity index is 3.00. The van der Waals surface area contributed by atoms with Crippen LogP contribution < -0.4 is 10.5 Å². The lowest BCUT2D eigenvalue weighted by atomic mass is 10.0. The molecule has 1 aromatic carbocycles. The van der Waals surface area contributed by atoms with Gasteiger partial charge in [-0.05, 0) is 24.6 Å². The molecule has 0 heterocycles. The van der Waals surface area contributed by atoms with Crippen molar-refractivity contribution in [2.45, 2.75) is 19.1 Å². The number of aliphatic hydroxyl groups excluding tert-OH is 1. The zero-order valence-corrected chi connectivity index (χ0v) is 8.20. The Morgan fingerprint density at radius 2 is 2.14 bits per heavy atom. The van der Waals surface area contributed by atoms with Crippen LogP contribution in [-0.2, 0) is 0 Å². The van der Waals surface area contributed by atoms with E-state index in [1.54, 1.807) is 6.92 Å². The van der Waals surface area contributed by atoms with Crippen LogP contribution in [-0.4, -0.2) is 18.3 Å². The van der Waals surface area contributed by atoms with Crippen LogP contribution in [0.5, 0.6) is 5.75 Å². The molecule has 2 atom stereocenters. The van der Waals surface area contributed by atoms with Gasteiger partial charge in [-0.25, -0.2) is 4.39 Å². The first-order chi connectivity index (χ1) is 6.56. The van der Waals surface area contributed by atoms with Crippen molar-refractivity contribution in [1.82, 2.24) is 0 Å². The van der Waals surface area contributed by atoms with Gasteiger partial charge < -0.3 is 15.6 Å². The van der Waals surface area contributed by atoms with E-state index in [1.165, 1.54) is 25.3 Å². The Morgan fingerprint density at radius 3 is 2.64 bits per heavy atom. The average Bonchev–Trinajstić information content (AvgIpc) is 2.17. The van der Waals surface area contributed by atoms with Crippen LogP contribution in [0.4, 0.5) is 4.39 Å². The zero-order valence-electron chi connectivity index (χ0n) is 8.20. The Bertz CT molecular complexity index is 315. The van der Waals surface area contributed by atoms with Gasteiger partial charge >= 0.3 is 0 Å². The van der Waals surface area contributed by atoms with Gasteiger partial charge in [-0.3, -0.25) is 0 Å². The summed E-state index contributed by atoms with van der Waals surface area (Å²) in [4.78, 5) is 0. The minimum atomic E-state index is -0.676. The van der Waals surface area contributed by atoms with Gasteiger partial charge in [-0.2, -0.15) is 0 Å². The molecule has 0 aliphatic carbocycles. The molecule has 14 heavy (non-hydrogen) atoms. The lowest BCUT2D eigenvalue weighted by molar-refractivity contribution is 0.164. The molecular weight excluding hydrogens is 185 g/mol. The fourth-order valence-corrected chi connectivity index (χ4v) is 1.16. The van der Waals surface area contributed by atoms with Crippen LogP contribution in [0.15, 0.2) is 18.2 Å². The highest BCUT2D eigenvalue weighted by atomic mass is 19.1. The Hall–Kier alpha value is -1.13. The van der Waals surface area contributed by atoms with Gasteiger partial charge in [-0.15, -0.1) is 0 Å². The molecule has 0 aliphatic rings. The van der Waals surface area contributed by atoms with E-state index in [9.17, 15) is 9.50 Å². The van der Waals surface area contributed by atoms with Crippen molar-refractivity contribution in [3.8, 4) is 5.75 Å². The fourth-order valence-electron chi connectivity index (χ4n) is 1.16. The Kier molecular flexibility index (Phi) is 3.43. The molecule has 0 unspecified atom stereocenters. The summed E-state index contributed by atoms with van der Waals surface area (Å²) < 4.78 is 17.8. The third-order valence-electron chi connectivity index (χ3n) is 2.08. The third-order valence-corrected chi connectivity index (χ3v) is 2.08. The van der Waals surface area contributed by atoms with Crippen LogP contribution in [0, 0.1) is 5.82 Å². The quantitative estimate of drug-likeness (QED) is 0.769. The van der Waals surface area contributed by atoms with Crippen LogP contribution in [0.25, 0.3) is 0 Å². The molecule has 0 fully saturated rings. The van der Waals surface area contributed by atoms with E-state index in [0.29, 0.717) is 5.56 Å². The number of ether oxygens (including phenoxy) is 1. The third kappa shape index (κ3) is 2.21. The first kappa shape index (κ1) is 10.9. The highest BCUT2D eigenvalue weighted by Gasteiger charge is 2.14. The van der Waals surface area contributed by atoms with E-state index in [2.05, 4.69) is 0 Å². The molecule has 1 rings (SSSR count). The largest absolute Gasteiger partial charge is 0.494 e. The van der Waals surface area contributed by atoms with Crippen molar-refractivity contribution in [2.75, 3.05) is 7.11 Å². The monoisotopic (exact) mass is 199 g/mol. The van der Waals surface area contributed by atoms with Gasteiger partial charge in [0.05, 0.1) is 19.3 Å². The summed E-state index contributed by atoms with van der Waals surface area (Å²) in [5, 5.41) is 9.25. The molecule has 0 saturated carbocycles. The minimum Gasteiger partial charge on any atom is -0.494 e. The van der Waals surface area contributed by atoms with Crippen molar-refractivity contribution in [1.29, 1.82) is 0 Å². The molecule has 3 nitrogen and oxygen atoms in total. The average molecular weight is 199 g/mol. The van der Waals surface area contributed by atoms with E-state index in [-0.39, 0.29) is 5.75 Å². The Morgan fingerprint density at radius 1 is 1.50 bits per heavy atom. The molecule has 0 aliphatic heterocycles. The zero-order chi connectivity index (χ0) is 10.7. The lowest BCUT2D eigenvalue weighted by Gasteiger charge is -2.15. The second-order valence-electron chi connectivity index (χ2n) is 3.16. The molecule has 0 bridgehead atoms. The van der Waals surface area contributed by atoms with Crippen molar-refractivity contribution in [3.63, 3.8) is 0 Å². The van der Waals surface area contributed by atoms with Crippen LogP contribution in [0.1, 0.15) is 18.5 Å². The predicted molar refractivity (Wildman–Crippen MR) is 51.6 cm³/mol. The van der Waals surface area contributed by atoms with Crippen LogP contribution in [0.3, 0.4) is 0 Å². The number of hydrogen-bond acceptors (Lipinski definition) is 3. The summed E-state index contributed by atoms with van der Waals surface area (Å²) in [6.07, 6.45) is -0.676. The maximum atomic E-state index is 13.0. The summed E-state index contributed by atoms with van der Waals surface area (Å²) >= 11 is 0. The first-order valence-corrected chi connectivity index (χ1v) is 4.33. The number of aliphatic hydroxyl groups is 1. The van der Waals surface area contributed by atoms with E-state index in [1.807, 2.05) is 0 Å². The summed E-state index contributed by atoms with van der Waals surface area (Å²) in [7, 11) is 1.39.